The van der Waals surface area contributed by atoms with Crippen molar-refractivity contribution in [3.8, 4) is 0 Å². The number of fused-ring (bicyclic) bond motifs is 9. The molecule has 4 aliphatic carbocycles. The van der Waals surface area contributed by atoms with Crippen LogP contribution < -0.4 is 0 Å². The molecule has 8 atom stereocenters. The highest BCUT2D eigenvalue weighted by molar-refractivity contribution is 14.1. The Morgan fingerprint density at radius 2 is 1.57 bits per heavy atom. The normalized spacial score (nSPS) is 69.0. The van der Waals surface area contributed by atoms with Gasteiger partial charge in [0.1, 0.15) is 0 Å². The van der Waals surface area contributed by atoms with Crippen molar-refractivity contribution in [2.75, 3.05) is 0 Å². The summed E-state index contributed by atoms with van der Waals surface area (Å²) in [6, 6.07) is 0. The molecule has 1 N–H and O–H groups in total. The molecule has 4 rings (SSSR count). The molecule has 4 aliphatic rings. The first-order valence-electron chi connectivity index (χ1n) is 6.08. The van der Waals surface area contributed by atoms with Gasteiger partial charge in [0, 0.05) is 3.92 Å². The summed E-state index contributed by atoms with van der Waals surface area (Å²) in [6.07, 6.45) is 5.58. The maximum Gasteiger partial charge on any atom is 0.0574 e. The van der Waals surface area contributed by atoms with E-state index in [2.05, 4.69) is 22.6 Å². The van der Waals surface area contributed by atoms with Crippen molar-refractivity contribution < 1.29 is 5.11 Å². The molecule has 0 aromatic rings. The van der Waals surface area contributed by atoms with Gasteiger partial charge in [-0.15, -0.1) is 0 Å². The van der Waals surface area contributed by atoms with Crippen molar-refractivity contribution in [1.82, 2.24) is 0 Å². The summed E-state index contributed by atoms with van der Waals surface area (Å²) in [5.74, 6) is 5.63. The zero-order valence-corrected chi connectivity index (χ0v) is 10.4. The highest BCUT2D eigenvalue weighted by Gasteiger charge is 2.64. The molecule has 8 unspecified atom stereocenters. The standard InChI is InChI=1S/C12H17IO/c13-9-3-5-1-7(9)12-8-2-6(11(5)12)4-10(8)14/h5-12,14H,1-4H2. The van der Waals surface area contributed by atoms with Crippen molar-refractivity contribution in [3.05, 3.63) is 0 Å². The van der Waals surface area contributed by atoms with Crippen LogP contribution >= 0.6 is 22.6 Å². The Morgan fingerprint density at radius 1 is 0.857 bits per heavy atom. The lowest BCUT2D eigenvalue weighted by Crippen LogP contribution is -2.38. The van der Waals surface area contributed by atoms with E-state index in [0.29, 0.717) is 5.92 Å². The van der Waals surface area contributed by atoms with Crippen molar-refractivity contribution in [1.29, 1.82) is 0 Å². The summed E-state index contributed by atoms with van der Waals surface area (Å²) in [5, 5.41) is 9.98. The minimum absolute atomic E-state index is 0.0733. The monoisotopic (exact) mass is 304 g/mol. The number of alkyl halides is 1. The van der Waals surface area contributed by atoms with E-state index in [1.54, 1.807) is 0 Å². The zero-order valence-electron chi connectivity index (χ0n) is 8.27. The molecule has 0 saturated heterocycles. The van der Waals surface area contributed by atoms with E-state index in [-0.39, 0.29) is 6.10 Å². The van der Waals surface area contributed by atoms with Gasteiger partial charge < -0.3 is 5.11 Å². The molecule has 14 heavy (non-hydrogen) atoms. The summed E-state index contributed by atoms with van der Waals surface area (Å²) >= 11 is 2.67. The second kappa shape index (κ2) is 2.68. The molecule has 0 heterocycles. The topological polar surface area (TPSA) is 20.2 Å². The molecule has 2 heteroatoms. The summed E-state index contributed by atoms with van der Waals surface area (Å²) in [5.41, 5.74) is 0. The van der Waals surface area contributed by atoms with Crippen LogP contribution in [0, 0.1) is 35.5 Å². The molecule has 1 nitrogen and oxygen atoms in total. The molecule has 4 saturated carbocycles. The lowest BCUT2D eigenvalue weighted by Gasteiger charge is -2.38. The predicted octanol–water partition coefficient (Wildman–Crippen LogP) is 2.46. The maximum atomic E-state index is 9.98. The minimum atomic E-state index is 0.0733. The summed E-state index contributed by atoms with van der Waals surface area (Å²) < 4.78 is 0.936. The van der Waals surface area contributed by atoms with Crippen LogP contribution in [0.3, 0.4) is 0 Å². The number of halogens is 1. The second-order valence-electron chi connectivity index (χ2n) is 6.03. The van der Waals surface area contributed by atoms with Gasteiger partial charge in [-0.25, -0.2) is 0 Å². The van der Waals surface area contributed by atoms with Crippen molar-refractivity contribution in [2.24, 2.45) is 35.5 Å². The number of hydrogen-bond donors (Lipinski definition) is 1. The van der Waals surface area contributed by atoms with Gasteiger partial charge >= 0.3 is 0 Å². The number of rotatable bonds is 0. The summed E-state index contributed by atoms with van der Waals surface area (Å²) in [7, 11) is 0. The fraction of sp³-hybridized carbons (Fsp3) is 1.00. The van der Waals surface area contributed by atoms with Crippen molar-refractivity contribution in [2.45, 2.75) is 35.7 Å². The van der Waals surface area contributed by atoms with E-state index in [4.69, 9.17) is 0 Å². The van der Waals surface area contributed by atoms with Crippen LogP contribution in [-0.4, -0.2) is 15.1 Å². The molecule has 0 aromatic carbocycles. The predicted molar refractivity (Wildman–Crippen MR) is 63.2 cm³/mol. The maximum absolute atomic E-state index is 9.98. The molecule has 0 spiro atoms. The fourth-order valence-electron chi connectivity index (χ4n) is 5.49. The Kier molecular flexibility index (Phi) is 1.68. The molecule has 0 aromatic heterocycles. The second-order valence-corrected chi connectivity index (χ2v) is 7.63. The van der Waals surface area contributed by atoms with Gasteiger partial charge in [-0.1, -0.05) is 22.6 Å². The van der Waals surface area contributed by atoms with Crippen LogP contribution in [-0.2, 0) is 0 Å². The summed E-state index contributed by atoms with van der Waals surface area (Å²) in [4.78, 5) is 0. The fourth-order valence-corrected chi connectivity index (χ4v) is 6.91. The molecule has 0 aliphatic heterocycles. The number of aliphatic hydroxyl groups is 1. The number of hydrogen-bond acceptors (Lipinski definition) is 1. The van der Waals surface area contributed by atoms with Crippen molar-refractivity contribution >= 4 is 22.6 Å². The third kappa shape index (κ3) is 0.868. The average molecular weight is 304 g/mol. The quantitative estimate of drug-likeness (QED) is 0.414. The molecule has 0 radical (unpaired) electrons. The van der Waals surface area contributed by atoms with E-state index in [9.17, 15) is 5.11 Å². The van der Waals surface area contributed by atoms with Crippen LogP contribution in [0.4, 0.5) is 0 Å². The van der Waals surface area contributed by atoms with E-state index in [1.807, 2.05) is 0 Å². The van der Waals surface area contributed by atoms with Crippen LogP contribution in [0.2, 0.25) is 0 Å². The minimum Gasteiger partial charge on any atom is -0.393 e. The van der Waals surface area contributed by atoms with Crippen LogP contribution in [0.15, 0.2) is 0 Å². The molecule has 78 valence electrons. The smallest absolute Gasteiger partial charge is 0.0574 e. The van der Waals surface area contributed by atoms with Gasteiger partial charge in [0.2, 0.25) is 0 Å². The van der Waals surface area contributed by atoms with Crippen LogP contribution in [0.25, 0.3) is 0 Å². The van der Waals surface area contributed by atoms with E-state index in [1.165, 1.54) is 19.3 Å². The van der Waals surface area contributed by atoms with E-state index in [0.717, 1.165) is 39.9 Å². The molecule has 4 fully saturated rings. The van der Waals surface area contributed by atoms with E-state index >= 15 is 0 Å². The van der Waals surface area contributed by atoms with Gasteiger partial charge in [-0.3, -0.25) is 0 Å². The van der Waals surface area contributed by atoms with Crippen LogP contribution in [0.1, 0.15) is 25.7 Å². The van der Waals surface area contributed by atoms with Gasteiger partial charge in [0.15, 0.2) is 0 Å². The molecular formula is C12H17IO. The highest BCUT2D eigenvalue weighted by Crippen LogP contribution is 2.68. The first-order valence-corrected chi connectivity index (χ1v) is 7.32. The number of aliphatic hydroxyl groups excluding tert-OH is 1. The van der Waals surface area contributed by atoms with E-state index < -0.39 is 0 Å². The molecular weight excluding hydrogens is 287 g/mol. The SMILES string of the molecule is OC1CC2CC1C1C3CC(CC3I)C21. The molecule has 4 bridgehead atoms. The Morgan fingerprint density at radius 3 is 2.43 bits per heavy atom. The van der Waals surface area contributed by atoms with Crippen molar-refractivity contribution in [3.63, 3.8) is 0 Å². The lowest BCUT2D eigenvalue weighted by molar-refractivity contribution is 0.0318. The van der Waals surface area contributed by atoms with Gasteiger partial charge in [0.25, 0.3) is 0 Å². The lowest BCUT2D eigenvalue weighted by atomic mass is 9.70. The average Bonchev–Trinajstić information content (AvgIpc) is 2.77. The Bertz CT molecular complexity index is 253. The Labute approximate surface area is 98.8 Å². The third-order valence-electron chi connectivity index (χ3n) is 5.70. The van der Waals surface area contributed by atoms with Gasteiger partial charge in [-0.2, -0.15) is 0 Å². The first-order chi connectivity index (χ1) is 6.75. The van der Waals surface area contributed by atoms with Gasteiger partial charge in [-0.05, 0) is 61.2 Å². The Balaban J connectivity index is 1.73. The largest absolute Gasteiger partial charge is 0.393 e. The zero-order chi connectivity index (χ0) is 9.45. The summed E-state index contributed by atoms with van der Waals surface area (Å²) in [6.45, 7) is 0. The molecule has 0 amide bonds. The van der Waals surface area contributed by atoms with Crippen LogP contribution in [0.5, 0.6) is 0 Å². The Hall–Kier alpha value is 0.690. The highest BCUT2D eigenvalue weighted by atomic mass is 127. The first kappa shape index (κ1) is 8.80. The third-order valence-corrected chi connectivity index (χ3v) is 7.13. The van der Waals surface area contributed by atoms with Gasteiger partial charge in [0.05, 0.1) is 6.10 Å².